The molecule has 1 aliphatic heterocycles. The van der Waals surface area contributed by atoms with Crippen LogP contribution in [0.1, 0.15) is 73.1 Å². The minimum Gasteiger partial charge on any atom is -0.381 e. The molecule has 1 aromatic carbocycles. The second-order valence-electron chi connectivity index (χ2n) is 7.97. The molecule has 27 heavy (non-hydrogen) atoms. The van der Waals surface area contributed by atoms with Gasteiger partial charge in [0.25, 0.3) is 0 Å². The van der Waals surface area contributed by atoms with Crippen LogP contribution in [0.4, 0.5) is 0 Å². The molecule has 2 heterocycles. The van der Waals surface area contributed by atoms with E-state index in [1.54, 1.807) is 0 Å². The molecule has 4 rings (SSSR count). The van der Waals surface area contributed by atoms with Crippen molar-refractivity contribution in [3.8, 4) is 17.3 Å². The largest absolute Gasteiger partial charge is 0.381 e. The highest BCUT2D eigenvalue weighted by molar-refractivity contribution is 5.98. The summed E-state index contributed by atoms with van der Waals surface area (Å²) in [6, 6.07) is 9.79. The first-order valence-corrected chi connectivity index (χ1v) is 9.82. The van der Waals surface area contributed by atoms with Crippen molar-refractivity contribution < 1.29 is 9.53 Å². The molecule has 2 aromatic rings. The van der Waals surface area contributed by atoms with Crippen molar-refractivity contribution in [1.29, 1.82) is 5.26 Å². The van der Waals surface area contributed by atoms with Gasteiger partial charge in [-0.25, -0.2) is 0 Å². The maximum Gasteiger partial charge on any atom is 0.181 e. The Morgan fingerprint density at radius 2 is 2.04 bits per heavy atom. The van der Waals surface area contributed by atoms with Crippen LogP contribution in [0, 0.1) is 17.2 Å². The normalized spacial score (nSPS) is 19.4. The summed E-state index contributed by atoms with van der Waals surface area (Å²) in [7, 11) is 0. The molecule has 0 bridgehead atoms. The van der Waals surface area contributed by atoms with Gasteiger partial charge in [-0.15, -0.1) is 0 Å². The molecule has 1 saturated carbocycles. The van der Waals surface area contributed by atoms with Crippen LogP contribution in [-0.4, -0.2) is 28.8 Å². The second kappa shape index (κ2) is 7.28. The number of aromatic nitrogens is 2. The lowest BCUT2D eigenvalue weighted by Crippen LogP contribution is -2.17. The molecule has 1 atom stereocenters. The zero-order valence-electron chi connectivity index (χ0n) is 15.9. The molecule has 2 fully saturated rings. The molecule has 5 nitrogen and oxygen atoms in total. The van der Waals surface area contributed by atoms with Gasteiger partial charge in [0.2, 0.25) is 0 Å². The lowest BCUT2D eigenvalue weighted by atomic mass is 9.94. The van der Waals surface area contributed by atoms with E-state index in [0.717, 1.165) is 48.4 Å². The van der Waals surface area contributed by atoms with Crippen molar-refractivity contribution in [1.82, 2.24) is 9.78 Å². The van der Waals surface area contributed by atoms with Gasteiger partial charge in [-0.1, -0.05) is 12.1 Å². The van der Waals surface area contributed by atoms with Gasteiger partial charge < -0.3 is 4.74 Å². The number of nitrogens with zero attached hydrogens (tertiary/aromatic N) is 3. The molecule has 0 N–H and O–H groups in total. The van der Waals surface area contributed by atoms with Gasteiger partial charge in [-0.3, -0.25) is 9.48 Å². The van der Waals surface area contributed by atoms with Gasteiger partial charge >= 0.3 is 0 Å². The average molecular weight is 363 g/mol. The molecule has 140 valence electrons. The number of benzene rings is 1. The number of nitriles is 1. The zero-order valence-corrected chi connectivity index (χ0v) is 15.9. The van der Waals surface area contributed by atoms with Crippen LogP contribution in [0.2, 0.25) is 0 Å². The standard InChI is InChI=1S/C22H25N3O2/c1-14(2)25-22(19(26)11-16-9-10-27-13-16)20(17-7-8-17)21(24-25)18-5-3-15(12-23)4-6-18/h3-6,14,16-17H,7-11,13H2,1-2H3. The van der Waals surface area contributed by atoms with Gasteiger partial charge in [0.15, 0.2) is 5.78 Å². The minimum atomic E-state index is 0.119. The molecule has 1 saturated heterocycles. The molecule has 0 spiro atoms. The van der Waals surface area contributed by atoms with E-state index >= 15 is 0 Å². The van der Waals surface area contributed by atoms with E-state index in [1.807, 2.05) is 28.9 Å². The molecular formula is C22H25N3O2. The Kier molecular flexibility index (Phi) is 4.84. The maximum absolute atomic E-state index is 13.3. The first-order valence-electron chi connectivity index (χ1n) is 9.82. The van der Waals surface area contributed by atoms with Crippen molar-refractivity contribution in [2.75, 3.05) is 13.2 Å². The van der Waals surface area contributed by atoms with Crippen LogP contribution in [0.15, 0.2) is 24.3 Å². The summed E-state index contributed by atoms with van der Waals surface area (Å²) in [5, 5.41) is 13.9. The predicted octanol–water partition coefficient (Wildman–Crippen LogP) is 4.49. The van der Waals surface area contributed by atoms with Gasteiger partial charge in [0, 0.05) is 36.8 Å². The highest BCUT2D eigenvalue weighted by Crippen LogP contribution is 2.47. The Hall–Kier alpha value is -2.45. The number of carbonyl (C=O) groups excluding carboxylic acids is 1. The summed E-state index contributed by atoms with van der Waals surface area (Å²) in [4.78, 5) is 13.3. The third kappa shape index (κ3) is 3.54. The summed E-state index contributed by atoms with van der Waals surface area (Å²) < 4.78 is 7.37. The zero-order chi connectivity index (χ0) is 19.0. The third-order valence-electron chi connectivity index (χ3n) is 5.47. The van der Waals surface area contributed by atoms with Gasteiger partial charge in [-0.05, 0) is 57.1 Å². The number of ether oxygens (including phenoxy) is 1. The molecule has 0 amide bonds. The van der Waals surface area contributed by atoms with Gasteiger partial charge in [0.05, 0.1) is 17.3 Å². The molecule has 5 heteroatoms. The predicted molar refractivity (Wildman–Crippen MR) is 103 cm³/mol. The second-order valence-corrected chi connectivity index (χ2v) is 7.97. The van der Waals surface area contributed by atoms with Crippen molar-refractivity contribution in [2.24, 2.45) is 5.92 Å². The van der Waals surface area contributed by atoms with Crippen molar-refractivity contribution in [3.05, 3.63) is 41.1 Å². The van der Waals surface area contributed by atoms with E-state index in [-0.39, 0.29) is 11.8 Å². The summed E-state index contributed by atoms with van der Waals surface area (Å²) >= 11 is 0. The van der Waals surface area contributed by atoms with Crippen LogP contribution >= 0.6 is 0 Å². The Balaban J connectivity index is 1.77. The Morgan fingerprint density at radius 1 is 1.30 bits per heavy atom. The van der Waals surface area contributed by atoms with E-state index < -0.39 is 0 Å². The van der Waals surface area contributed by atoms with Gasteiger partial charge in [0.1, 0.15) is 5.69 Å². The van der Waals surface area contributed by atoms with Gasteiger partial charge in [-0.2, -0.15) is 10.4 Å². The maximum atomic E-state index is 13.3. The van der Waals surface area contributed by atoms with E-state index in [1.165, 1.54) is 0 Å². The first kappa shape index (κ1) is 17.9. The van der Waals surface area contributed by atoms with Crippen molar-refractivity contribution in [2.45, 2.75) is 51.5 Å². The van der Waals surface area contributed by atoms with E-state index in [0.29, 0.717) is 30.4 Å². The number of rotatable bonds is 6. The number of hydrogen-bond acceptors (Lipinski definition) is 4. The average Bonchev–Trinajstić information content (AvgIpc) is 3.22. The third-order valence-corrected chi connectivity index (χ3v) is 5.47. The Morgan fingerprint density at radius 3 is 2.59 bits per heavy atom. The minimum absolute atomic E-state index is 0.119. The van der Waals surface area contributed by atoms with Crippen LogP contribution in [-0.2, 0) is 4.74 Å². The molecular weight excluding hydrogens is 338 g/mol. The molecule has 1 unspecified atom stereocenters. The fraction of sp³-hybridized carbons (Fsp3) is 0.500. The summed E-state index contributed by atoms with van der Waals surface area (Å²) in [6.07, 6.45) is 3.72. The highest BCUT2D eigenvalue weighted by atomic mass is 16.5. The fourth-order valence-corrected chi connectivity index (χ4v) is 3.88. The highest BCUT2D eigenvalue weighted by Gasteiger charge is 2.36. The summed E-state index contributed by atoms with van der Waals surface area (Å²) in [5.41, 5.74) is 4.42. The fourth-order valence-electron chi connectivity index (χ4n) is 3.88. The van der Waals surface area contributed by atoms with E-state index in [4.69, 9.17) is 15.1 Å². The lowest BCUT2D eigenvalue weighted by Gasteiger charge is -2.13. The van der Waals surface area contributed by atoms with Crippen LogP contribution in [0.25, 0.3) is 11.3 Å². The Bertz CT molecular complexity index is 880. The van der Waals surface area contributed by atoms with Crippen molar-refractivity contribution >= 4 is 5.78 Å². The van der Waals surface area contributed by atoms with Crippen LogP contribution < -0.4 is 0 Å². The molecule has 0 radical (unpaired) electrons. The number of Topliss-reactive ketones (excluding diaryl/α,β-unsaturated/α-hetero) is 1. The number of carbonyl (C=O) groups is 1. The van der Waals surface area contributed by atoms with Crippen LogP contribution in [0.3, 0.4) is 0 Å². The number of ketones is 1. The molecule has 2 aliphatic rings. The first-order chi connectivity index (χ1) is 13.1. The summed E-state index contributed by atoms with van der Waals surface area (Å²) in [6.45, 7) is 5.58. The quantitative estimate of drug-likeness (QED) is 0.709. The smallest absolute Gasteiger partial charge is 0.181 e. The molecule has 1 aromatic heterocycles. The number of hydrogen-bond donors (Lipinski definition) is 0. The monoisotopic (exact) mass is 363 g/mol. The molecule has 1 aliphatic carbocycles. The lowest BCUT2D eigenvalue weighted by molar-refractivity contribution is 0.0939. The SMILES string of the molecule is CC(C)n1nc(-c2ccc(C#N)cc2)c(C2CC2)c1C(=O)CC1CCOC1. The van der Waals surface area contributed by atoms with E-state index in [9.17, 15) is 4.79 Å². The van der Waals surface area contributed by atoms with Crippen molar-refractivity contribution in [3.63, 3.8) is 0 Å². The topological polar surface area (TPSA) is 67.9 Å². The summed E-state index contributed by atoms with van der Waals surface area (Å²) in [5.74, 6) is 0.925. The van der Waals surface area contributed by atoms with Crippen LogP contribution in [0.5, 0.6) is 0 Å². The van der Waals surface area contributed by atoms with E-state index in [2.05, 4.69) is 19.9 Å². The Labute approximate surface area is 159 Å².